The minimum atomic E-state index is 0.486. The zero-order chi connectivity index (χ0) is 14.1. The molecule has 0 radical (unpaired) electrons. The number of aromatic nitrogens is 2. The molecule has 0 spiro atoms. The monoisotopic (exact) mass is 294 g/mol. The van der Waals surface area contributed by atoms with Crippen molar-refractivity contribution in [2.24, 2.45) is 0 Å². The van der Waals surface area contributed by atoms with Crippen LogP contribution in [0.5, 0.6) is 0 Å². The molecule has 110 valence electrons. The van der Waals surface area contributed by atoms with E-state index in [1.807, 2.05) is 6.07 Å². The smallest absolute Gasteiger partial charge is 0.134 e. The number of piperidine rings is 1. The number of fused-ring (bicyclic) bond motifs is 1. The largest absolute Gasteiger partial charge is 0.351 e. The number of hydrogen-bond donors (Lipinski definition) is 0. The lowest BCUT2D eigenvalue weighted by Crippen LogP contribution is -2.59. The van der Waals surface area contributed by atoms with Crippen molar-refractivity contribution >= 4 is 17.4 Å². The average molecular weight is 295 g/mol. The van der Waals surface area contributed by atoms with Crippen LogP contribution < -0.4 is 4.90 Å². The van der Waals surface area contributed by atoms with E-state index in [9.17, 15) is 0 Å². The Morgan fingerprint density at radius 2 is 2.15 bits per heavy atom. The van der Waals surface area contributed by atoms with Gasteiger partial charge >= 0.3 is 0 Å². The van der Waals surface area contributed by atoms with Gasteiger partial charge in [0, 0.05) is 37.7 Å². The number of aryl methyl sites for hydroxylation is 1. The lowest BCUT2D eigenvalue weighted by Gasteiger charge is -2.48. The molecule has 2 unspecified atom stereocenters. The third-order valence-corrected chi connectivity index (χ3v) is 4.72. The zero-order valence-electron chi connectivity index (χ0n) is 12.3. The van der Waals surface area contributed by atoms with E-state index in [0.29, 0.717) is 17.2 Å². The van der Waals surface area contributed by atoms with Crippen LogP contribution in [-0.4, -0.2) is 46.6 Å². The summed E-state index contributed by atoms with van der Waals surface area (Å²) >= 11 is 6.14. The normalized spacial score (nSPS) is 27.4. The predicted molar refractivity (Wildman–Crippen MR) is 82.4 cm³/mol. The van der Waals surface area contributed by atoms with Gasteiger partial charge in [-0.25, -0.2) is 9.97 Å². The highest BCUT2D eigenvalue weighted by Crippen LogP contribution is 2.28. The summed E-state index contributed by atoms with van der Waals surface area (Å²) in [5.74, 6) is 1.84. The second kappa shape index (κ2) is 5.86. The molecule has 0 saturated carbocycles. The molecule has 20 heavy (non-hydrogen) atoms. The maximum Gasteiger partial charge on any atom is 0.134 e. The first-order valence-corrected chi connectivity index (χ1v) is 8.09. The minimum absolute atomic E-state index is 0.486. The van der Waals surface area contributed by atoms with E-state index in [4.69, 9.17) is 11.6 Å². The fourth-order valence-corrected chi connectivity index (χ4v) is 3.62. The fourth-order valence-electron chi connectivity index (χ4n) is 3.43. The Hall–Kier alpha value is -0.870. The second-order valence-electron chi connectivity index (χ2n) is 5.96. The third kappa shape index (κ3) is 2.77. The fraction of sp³-hybridized carbons (Fsp3) is 0.733. The highest BCUT2D eigenvalue weighted by atomic mass is 35.5. The number of nitrogens with zero attached hydrogens (tertiary/aromatic N) is 4. The van der Waals surface area contributed by atoms with Crippen molar-refractivity contribution in [2.75, 3.05) is 24.5 Å². The first-order chi connectivity index (χ1) is 9.67. The summed E-state index contributed by atoms with van der Waals surface area (Å²) in [5, 5.41) is 0.560. The lowest BCUT2D eigenvalue weighted by atomic mass is 9.97. The molecule has 2 aliphatic rings. The highest BCUT2D eigenvalue weighted by Gasteiger charge is 2.33. The van der Waals surface area contributed by atoms with E-state index in [1.165, 1.54) is 25.8 Å². The number of rotatable bonds is 2. The summed E-state index contributed by atoms with van der Waals surface area (Å²) in [6, 6.07) is 3.08. The number of halogens is 1. The molecule has 3 heterocycles. The van der Waals surface area contributed by atoms with Gasteiger partial charge in [0.1, 0.15) is 16.8 Å². The maximum absolute atomic E-state index is 6.14. The number of hydrogen-bond acceptors (Lipinski definition) is 4. The summed E-state index contributed by atoms with van der Waals surface area (Å²) in [6.45, 7) is 7.81. The molecule has 0 N–H and O–H groups in total. The van der Waals surface area contributed by atoms with Crippen LogP contribution in [0.25, 0.3) is 0 Å². The van der Waals surface area contributed by atoms with Crippen LogP contribution in [0.1, 0.15) is 38.9 Å². The summed E-state index contributed by atoms with van der Waals surface area (Å²) in [7, 11) is 0. The van der Waals surface area contributed by atoms with Crippen molar-refractivity contribution in [3.05, 3.63) is 17.0 Å². The molecule has 5 heteroatoms. The first-order valence-electron chi connectivity index (χ1n) is 7.71. The van der Waals surface area contributed by atoms with Gasteiger partial charge in [-0.2, -0.15) is 0 Å². The van der Waals surface area contributed by atoms with Gasteiger partial charge in [0.05, 0.1) is 0 Å². The number of anilines is 1. The van der Waals surface area contributed by atoms with Gasteiger partial charge in [-0.05, 0) is 26.3 Å². The van der Waals surface area contributed by atoms with Crippen molar-refractivity contribution in [2.45, 2.75) is 51.6 Å². The average Bonchev–Trinajstić information content (AvgIpc) is 2.45. The van der Waals surface area contributed by atoms with E-state index in [-0.39, 0.29) is 0 Å². The highest BCUT2D eigenvalue weighted by molar-refractivity contribution is 6.29. The number of piperazine rings is 1. The van der Waals surface area contributed by atoms with Crippen LogP contribution in [0.2, 0.25) is 5.15 Å². The van der Waals surface area contributed by atoms with E-state index < -0.39 is 0 Å². The van der Waals surface area contributed by atoms with Crippen molar-refractivity contribution in [1.82, 2.24) is 14.9 Å². The van der Waals surface area contributed by atoms with Crippen molar-refractivity contribution < 1.29 is 0 Å². The Balaban J connectivity index is 1.83. The minimum Gasteiger partial charge on any atom is -0.351 e. The molecule has 0 bridgehead atoms. The molecule has 2 saturated heterocycles. The van der Waals surface area contributed by atoms with Gasteiger partial charge in [-0.1, -0.05) is 24.9 Å². The van der Waals surface area contributed by atoms with Gasteiger partial charge < -0.3 is 4.90 Å². The Bertz CT molecular complexity index is 479. The Morgan fingerprint density at radius 3 is 2.95 bits per heavy atom. The molecule has 0 aliphatic carbocycles. The molecule has 0 amide bonds. The zero-order valence-corrected chi connectivity index (χ0v) is 13.1. The van der Waals surface area contributed by atoms with Crippen molar-refractivity contribution in [3.8, 4) is 0 Å². The van der Waals surface area contributed by atoms with Gasteiger partial charge in [0.25, 0.3) is 0 Å². The van der Waals surface area contributed by atoms with Crippen LogP contribution in [-0.2, 0) is 6.42 Å². The predicted octanol–water partition coefficient (Wildman–Crippen LogP) is 2.76. The van der Waals surface area contributed by atoms with Gasteiger partial charge in [0.15, 0.2) is 0 Å². The molecule has 0 aromatic carbocycles. The lowest BCUT2D eigenvalue weighted by molar-refractivity contribution is 0.115. The Morgan fingerprint density at radius 1 is 1.30 bits per heavy atom. The van der Waals surface area contributed by atoms with Gasteiger partial charge in [0.2, 0.25) is 0 Å². The quantitative estimate of drug-likeness (QED) is 0.785. The van der Waals surface area contributed by atoms with Crippen LogP contribution >= 0.6 is 11.6 Å². The van der Waals surface area contributed by atoms with Gasteiger partial charge in [-0.15, -0.1) is 0 Å². The maximum atomic E-state index is 6.14. The molecule has 3 rings (SSSR count). The SMILES string of the molecule is CCc1nc(Cl)cc(N2CC3CCCCN3CC2C)n1. The topological polar surface area (TPSA) is 32.3 Å². The molecule has 1 aromatic rings. The first kappa shape index (κ1) is 14.1. The summed E-state index contributed by atoms with van der Waals surface area (Å²) in [4.78, 5) is 14.0. The van der Waals surface area contributed by atoms with E-state index >= 15 is 0 Å². The van der Waals surface area contributed by atoms with Crippen LogP contribution in [0.4, 0.5) is 5.82 Å². The van der Waals surface area contributed by atoms with Crippen LogP contribution in [0.3, 0.4) is 0 Å². The summed E-state index contributed by atoms with van der Waals surface area (Å²) in [5.41, 5.74) is 0. The van der Waals surface area contributed by atoms with E-state index in [2.05, 4.69) is 33.6 Å². The van der Waals surface area contributed by atoms with E-state index in [0.717, 1.165) is 31.2 Å². The molecular weight excluding hydrogens is 272 g/mol. The molecular formula is C15H23ClN4. The third-order valence-electron chi connectivity index (χ3n) is 4.53. The van der Waals surface area contributed by atoms with Crippen molar-refractivity contribution in [3.63, 3.8) is 0 Å². The molecule has 1 aromatic heterocycles. The van der Waals surface area contributed by atoms with Crippen molar-refractivity contribution in [1.29, 1.82) is 0 Å². The molecule has 4 nitrogen and oxygen atoms in total. The van der Waals surface area contributed by atoms with Gasteiger partial charge in [-0.3, -0.25) is 4.90 Å². The summed E-state index contributed by atoms with van der Waals surface area (Å²) < 4.78 is 0. The standard InChI is InChI=1S/C15H23ClN4/c1-3-14-17-13(16)8-15(18-14)20-10-12-6-4-5-7-19(12)9-11(20)2/h8,11-12H,3-7,9-10H2,1-2H3. The van der Waals surface area contributed by atoms with Crippen LogP contribution in [0.15, 0.2) is 6.07 Å². The van der Waals surface area contributed by atoms with Crippen LogP contribution in [0, 0.1) is 0 Å². The second-order valence-corrected chi connectivity index (χ2v) is 6.35. The molecule has 2 aliphatic heterocycles. The molecule has 2 atom stereocenters. The van der Waals surface area contributed by atoms with E-state index in [1.54, 1.807) is 0 Å². The Labute approximate surface area is 126 Å². The Kier molecular flexibility index (Phi) is 4.13. The molecule has 2 fully saturated rings. The summed E-state index contributed by atoms with van der Waals surface area (Å²) in [6.07, 6.45) is 4.84.